The maximum Gasteiger partial charge on any atom is 0.191 e. The van der Waals surface area contributed by atoms with Crippen LogP contribution in [0.5, 0.6) is 0 Å². The van der Waals surface area contributed by atoms with Crippen LogP contribution in [0, 0.1) is 13.8 Å². The van der Waals surface area contributed by atoms with E-state index >= 15 is 0 Å². The molecule has 0 spiro atoms. The number of aromatic nitrogens is 2. The number of ether oxygens (including phenoxy) is 1. The van der Waals surface area contributed by atoms with E-state index in [4.69, 9.17) is 4.74 Å². The molecule has 0 aliphatic rings. The van der Waals surface area contributed by atoms with Gasteiger partial charge < -0.3 is 15.4 Å². The Hall–Kier alpha value is -1.09. The number of aliphatic imine (C=N–C) groups is 1. The summed E-state index contributed by atoms with van der Waals surface area (Å²) < 4.78 is 7.08. The molecule has 0 aromatic carbocycles. The van der Waals surface area contributed by atoms with Crippen molar-refractivity contribution in [2.45, 2.75) is 26.9 Å². The van der Waals surface area contributed by atoms with E-state index in [1.165, 1.54) is 5.56 Å². The summed E-state index contributed by atoms with van der Waals surface area (Å²) in [5, 5.41) is 11.0. The zero-order chi connectivity index (χ0) is 15.0. The third-order valence-electron chi connectivity index (χ3n) is 3.11. The van der Waals surface area contributed by atoms with Gasteiger partial charge in [0.15, 0.2) is 5.96 Å². The van der Waals surface area contributed by atoms with Crippen LogP contribution >= 0.6 is 24.0 Å². The zero-order valence-electron chi connectivity index (χ0n) is 13.3. The molecule has 1 aromatic heterocycles. The summed E-state index contributed by atoms with van der Waals surface area (Å²) in [4.78, 5) is 4.16. The van der Waals surface area contributed by atoms with Gasteiger partial charge in [0.25, 0.3) is 0 Å². The highest BCUT2D eigenvalue weighted by Gasteiger charge is 2.11. The molecule has 0 saturated carbocycles. The number of nitrogens with zero attached hydrogens (tertiary/aromatic N) is 3. The Morgan fingerprint density at radius 1 is 1.43 bits per heavy atom. The molecule has 7 heteroatoms. The number of guanidine groups is 1. The van der Waals surface area contributed by atoms with Crippen LogP contribution in [0.15, 0.2) is 17.6 Å². The van der Waals surface area contributed by atoms with Crippen LogP contribution in [0.25, 0.3) is 0 Å². The number of halogens is 1. The van der Waals surface area contributed by atoms with Crippen molar-refractivity contribution in [2.75, 3.05) is 27.3 Å². The number of rotatable bonds is 7. The summed E-state index contributed by atoms with van der Waals surface area (Å²) in [7, 11) is 3.45. The lowest BCUT2D eigenvalue weighted by atomic mass is 10.2. The maximum absolute atomic E-state index is 5.09. The van der Waals surface area contributed by atoms with Gasteiger partial charge in [-0.25, -0.2) is 0 Å². The predicted octanol–water partition coefficient (Wildman–Crippen LogP) is 1.62. The van der Waals surface area contributed by atoms with Crippen molar-refractivity contribution >= 4 is 29.9 Å². The van der Waals surface area contributed by atoms with E-state index in [1.807, 2.05) is 11.6 Å². The molecule has 0 aliphatic heterocycles. The van der Waals surface area contributed by atoms with Crippen LogP contribution in [0.2, 0.25) is 0 Å². The van der Waals surface area contributed by atoms with Crippen LogP contribution in [0.4, 0.5) is 0 Å². The van der Waals surface area contributed by atoms with Crippen LogP contribution in [-0.2, 0) is 17.8 Å². The number of aryl methyl sites for hydroxylation is 1. The smallest absolute Gasteiger partial charge is 0.191 e. The standard InChI is InChI=1S/C14H25N5O.HI/c1-6-7-16-14(15-4)17-10-13-11(2)18-19(12(13)3)8-9-20-5;/h6H,1,7-10H2,2-5H3,(H2,15,16,17);1H. The van der Waals surface area contributed by atoms with Crippen molar-refractivity contribution in [3.63, 3.8) is 0 Å². The van der Waals surface area contributed by atoms with Crippen LogP contribution < -0.4 is 10.6 Å². The molecule has 0 saturated heterocycles. The highest BCUT2D eigenvalue weighted by molar-refractivity contribution is 14.0. The molecule has 1 heterocycles. The summed E-state index contributed by atoms with van der Waals surface area (Å²) in [6.07, 6.45) is 1.80. The second kappa shape index (κ2) is 10.6. The van der Waals surface area contributed by atoms with E-state index < -0.39 is 0 Å². The van der Waals surface area contributed by atoms with Gasteiger partial charge in [0.2, 0.25) is 0 Å². The molecule has 0 amide bonds. The van der Waals surface area contributed by atoms with Gasteiger partial charge in [-0.15, -0.1) is 30.6 Å². The molecule has 6 nitrogen and oxygen atoms in total. The zero-order valence-corrected chi connectivity index (χ0v) is 15.6. The van der Waals surface area contributed by atoms with Gasteiger partial charge in [-0.2, -0.15) is 5.10 Å². The van der Waals surface area contributed by atoms with Crippen LogP contribution in [0.3, 0.4) is 0 Å². The van der Waals surface area contributed by atoms with Crippen LogP contribution in [0.1, 0.15) is 17.0 Å². The number of hydrogen-bond acceptors (Lipinski definition) is 3. The average Bonchev–Trinajstić information content (AvgIpc) is 2.72. The van der Waals surface area contributed by atoms with Crippen LogP contribution in [-0.4, -0.2) is 43.0 Å². The molecule has 0 aliphatic carbocycles. The summed E-state index contributed by atoms with van der Waals surface area (Å²) >= 11 is 0. The Balaban J connectivity index is 0.00000400. The molecule has 0 radical (unpaired) electrons. The Bertz CT molecular complexity index is 470. The summed E-state index contributed by atoms with van der Waals surface area (Å²) in [5.41, 5.74) is 3.39. The Morgan fingerprint density at radius 2 is 2.14 bits per heavy atom. The first kappa shape index (κ1) is 19.9. The van der Waals surface area contributed by atoms with Gasteiger partial charge in [0.1, 0.15) is 0 Å². The fourth-order valence-electron chi connectivity index (χ4n) is 1.95. The highest BCUT2D eigenvalue weighted by atomic mass is 127. The minimum Gasteiger partial charge on any atom is -0.383 e. The van der Waals surface area contributed by atoms with Gasteiger partial charge in [-0.1, -0.05) is 6.08 Å². The van der Waals surface area contributed by atoms with E-state index in [-0.39, 0.29) is 24.0 Å². The predicted molar refractivity (Wildman–Crippen MR) is 97.4 cm³/mol. The van der Waals surface area contributed by atoms with E-state index in [2.05, 4.69) is 34.2 Å². The minimum atomic E-state index is 0. The molecule has 120 valence electrons. The fourth-order valence-corrected chi connectivity index (χ4v) is 1.95. The average molecular weight is 407 g/mol. The molecule has 2 N–H and O–H groups in total. The molecule has 0 bridgehead atoms. The first-order chi connectivity index (χ1) is 9.63. The number of methoxy groups -OCH3 is 1. The lowest BCUT2D eigenvalue weighted by molar-refractivity contribution is 0.182. The van der Waals surface area contributed by atoms with E-state index in [1.54, 1.807) is 20.2 Å². The minimum absolute atomic E-state index is 0. The van der Waals surface area contributed by atoms with Crippen molar-refractivity contribution < 1.29 is 4.74 Å². The lowest BCUT2D eigenvalue weighted by Gasteiger charge is -2.11. The third-order valence-corrected chi connectivity index (χ3v) is 3.11. The fraction of sp³-hybridized carbons (Fsp3) is 0.571. The normalized spacial score (nSPS) is 11.0. The molecule has 1 aromatic rings. The largest absolute Gasteiger partial charge is 0.383 e. The highest BCUT2D eigenvalue weighted by Crippen LogP contribution is 2.12. The third kappa shape index (κ3) is 6.04. The summed E-state index contributed by atoms with van der Waals surface area (Å²) in [6.45, 7) is 10.6. The Kier molecular flexibility index (Phi) is 10.1. The van der Waals surface area contributed by atoms with Crippen molar-refractivity contribution in [1.29, 1.82) is 0 Å². The van der Waals surface area contributed by atoms with Crippen molar-refractivity contribution in [3.8, 4) is 0 Å². The van der Waals surface area contributed by atoms with E-state index in [9.17, 15) is 0 Å². The van der Waals surface area contributed by atoms with Gasteiger partial charge in [-0.05, 0) is 13.8 Å². The van der Waals surface area contributed by atoms with E-state index in [0.717, 1.165) is 23.9 Å². The number of hydrogen-bond donors (Lipinski definition) is 2. The second-order valence-corrected chi connectivity index (χ2v) is 4.46. The first-order valence-corrected chi connectivity index (χ1v) is 6.71. The topological polar surface area (TPSA) is 63.5 Å². The monoisotopic (exact) mass is 407 g/mol. The van der Waals surface area contributed by atoms with Gasteiger partial charge in [-0.3, -0.25) is 9.67 Å². The van der Waals surface area contributed by atoms with Crippen molar-refractivity contribution in [1.82, 2.24) is 20.4 Å². The molecule has 21 heavy (non-hydrogen) atoms. The van der Waals surface area contributed by atoms with Gasteiger partial charge >= 0.3 is 0 Å². The summed E-state index contributed by atoms with van der Waals surface area (Å²) in [5.74, 6) is 0.758. The Morgan fingerprint density at radius 3 is 2.71 bits per heavy atom. The van der Waals surface area contributed by atoms with E-state index in [0.29, 0.717) is 19.7 Å². The second-order valence-electron chi connectivity index (χ2n) is 4.46. The lowest BCUT2D eigenvalue weighted by Crippen LogP contribution is -2.37. The molecular weight excluding hydrogens is 381 g/mol. The van der Waals surface area contributed by atoms with Gasteiger partial charge in [0.05, 0.1) is 18.8 Å². The molecule has 0 fully saturated rings. The molecule has 0 atom stereocenters. The quantitative estimate of drug-likeness (QED) is 0.312. The maximum atomic E-state index is 5.09. The van der Waals surface area contributed by atoms with Crippen molar-refractivity contribution in [3.05, 3.63) is 29.6 Å². The van der Waals surface area contributed by atoms with Crippen molar-refractivity contribution in [2.24, 2.45) is 4.99 Å². The number of nitrogens with one attached hydrogen (secondary N) is 2. The molecule has 1 rings (SSSR count). The first-order valence-electron chi connectivity index (χ1n) is 6.71. The molecule has 0 unspecified atom stereocenters. The Labute approximate surface area is 144 Å². The van der Waals surface area contributed by atoms with Gasteiger partial charge in [0, 0.05) is 38.5 Å². The SMILES string of the molecule is C=CCNC(=NC)NCc1c(C)nn(CCOC)c1C.I. The summed E-state index contributed by atoms with van der Waals surface area (Å²) in [6, 6.07) is 0. The molecular formula is C14H26IN5O.